The quantitative estimate of drug-likeness (QED) is 0.0643. The maximum Gasteiger partial charge on any atom is 0.410 e. The number of aromatic nitrogens is 4. The Morgan fingerprint density at radius 3 is 2.45 bits per heavy atom. The molecular formula is C37H48N10O9. The van der Waals surface area contributed by atoms with Gasteiger partial charge in [-0.2, -0.15) is 5.10 Å². The molecule has 0 saturated carbocycles. The number of imidazole rings is 1. The van der Waals surface area contributed by atoms with Crippen molar-refractivity contribution in [2.75, 3.05) is 44.0 Å². The van der Waals surface area contributed by atoms with Crippen molar-refractivity contribution in [3.8, 4) is 11.5 Å². The number of primary amides is 2. The number of amides is 4. The second kappa shape index (κ2) is 17.0. The number of aryl methyl sites for hydroxylation is 2. The van der Waals surface area contributed by atoms with E-state index in [4.69, 9.17) is 25.7 Å². The molecule has 1 atom stereocenters. The molecule has 2 aromatic carbocycles. The third-order valence-corrected chi connectivity index (χ3v) is 8.92. The zero-order valence-electron chi connectivity index (χ0n) is 32.3. The highest BCUT2D eigenvalue weighted by atomic mass is 16.6. The number of anilines is 2. The summed E-state index contributed by atoms with van der Waals surface area (Å²) in [6.07, 6.45) is 1.52. The van der Waals surface area contributed by atoms with Gasteiger partial charge in [-0.15, -0.1) is 0 Å². The molecule has 1 aliphatic rings. The summed E-state index contributed by atoms with van der Waals surface area (Å²) >= 11 is 0. The zero-order valence-corrected chi connectivity index (χ0v) is 32.3. The Kier molecular flexibility index (Phi) is 12.3. The first-order valence-electron chi connectivity index (χ1n) is 18.2. The number of nitro groups is 1. The first-order valence-corrected chi connectivity index (χ1v) is 18.2. The Balaban J connectivity index is 1.31. The summed E-state index contributed by atoms with van der Waals surface area (Å²) in [7, 11) is 1.63. The van der Waals surface area contributed by atoms with Crippen LogP contribution < -0.4 is 31.6 Å². The van der Waals surface area contributed by atoms with Gasteiger partial charge in [0.2, 0.25) is 17.8 Å². The molecule has 19 nitrogen and oxygen atoms in total. The van der Waals surface area contributed by atoms with Crippen LogP contribution in [0.4, 0.5) is 22.1 Å². The summed E-state index contributed by atoms with van der Waals surface area (Å²) < 4.78 is 20.9. The molecule has 0 fully saturated rings. The number of nitrogens with zero attached hydrogens (tertiary/aromatic N) is 6. The summed E-state index contributed by atoms with van der Waals surface area (Å²) in [5.41, 5.74) is 12.3. The molecule has 0 unspecified atom stereocenters. The number of carbonyl (C=O) groups is 4. The molecule has 0 saturated heterocycles. The Labute approximate surface area is 322 Å². The zero-order chi connectivity index (χ0) is 40.9. The highest BCUT2D eigenvalue weighted by Crippen LogP contribution is 2.40. The Hall–Kier alpha value is -6.40. The van der Waals surface area contributed by atoms with Crippen LogP contribution >= 0.6 is 0 Å². The fourth-order valence-corrected chi connectivity index (χ4v) is 6.29. The second-order valence-corrected chi connectivity index (χ2v) is 14.4. The first kappa shape index (κ1) is 40.8. The lowest BCUT2D eigenvalue weighted by atomic mass is 10.1. The van der Waals surface area contributed by atoms with Gasteiger partial charge in [-0.25, -0.2) is 9.78 Å². The molecule has 2 aromatic heterocycles. The van der Waals surface area contributed by atoms with Crippen molar-refractivity contribution in [1.29, 1.82) is 0 Å². The number of unbranched alkanes of at least 4 members (excludes halogenated alkanes) is 1. The summed E-state index contributed by atoms with van der Waals surface area (Å²) in [6, 6.07) is 6.87. The fraction of sp³-hybridized carbons (Fsp3) is 0.459. The van der Waals surface area contributed by atoms with E-state index in [1.807, 2.05) is 11.5 Å². The number of nitrogens with two attached hydrogens (primary N) is 2. The van der Waals surface area contributed by atoms with Crippen LogP contribution in [0.1, 0.15) is 96.3 Å². The van der Waals surface area contributed by atoms with E-state index in [2.05, 4.69) is 20.7 Å². The molecule has 56 heavy (non-hydrogen) atoms. The van der Waals surface area contributed by atoms with E-state index in [1.54, 1.807) is 45.5 Å². The van der Waals surface area contributed by atoms with E-state index >= 15 is 0 Å². The van der Waals surface area contributed by atoms with Gasteiger partial charge >= 0.3 is 6.09 Å². The molecule has 0 spiro atoms. The van der Waals surface area contributed by atoms with Crippen LogP contribution in [0.5, 0.6) is 11.5 Å². The molecular weight excluding hydrogens is 728 g/mol. The van der Waals surface area contributed by atoms with Crippen molar-refractivity contribution in [3.63, 3.8) is 0 Å². The van der Waals surface area contributed by atoms with E-state index in [1.165, 1.54) is 23.1 Å². The lowest BCUT2D eigenvalue weighted by molar-refractivity contribution is -0.384. The van der Waals surface area contributed by atoms with Gasteiger partial charge in [0.05, 0.1) is 28.8 Å². The van der Waals surface area contributed by atoms with Crippen molar-refractivity contribution < 1.29 is 38.3 Å². The summed E-state index contributed by atoms with van der Waals surface area (Å²) in [4.78, 5) is 67.6. The minimum Gasteiger partial charge on any atom is -0.491 e. The van der Waals surface area contributed by atoms with Gasteiger partial charge in [-0.3, -0.25) is 34.5 Å². The minimum atomic E-state index is -0.854. The van der Waals surface area contributed by atoms with Crippen LogP contribution in [-0.4, -0.2) is 91.9 Å². The largest absolute Gasteiger partial charge is 0.491 e. The number of hydrogen-bond acceptors (Lipinski definition) is 12. The maximum atomic E-state index is 13.5. The van der Waals surface area contributed by atoms with E-state index in [0.29, 0.717) is 66.9 Å². The minimum absolute atomic E-state index is 0.0795. The van der Waals surface area contributed by atoms with Crippen molar-refractivity contribution in [3.05, 3.63) is 63.0 Å². The van der Waals surface area contributed by atoms with Crippen LogP contribution in [0.2, 0.25) is 0 Å². The predicted molar refractivity (Wildman–Crippen MR) is 206 cm³/mol. The van der Waals surface area contributed by atoms with Crippen LogP contribution in [-0.2, 0) is 11.3 Å². The molecule has 19 heteroatoms. The number of nitrogens with one attached hydrogen (secondary N) is 2. The Bertz CT molecular complexity index is 2150. The van der Waals surface area contributed by atoms with E-state index < -0.39 is 34.3 Å². The average Bonchev–Trinajstić information content (AvgIpc) is 3.70. The van der Waals surface area contributed by atoms with Gasteiger partial charge in [0.15, 0.2) is 5.69 Å². The summed E-state index contributed by atoms with van der Waals surface area (Å²) in [5.74, 6) is -1.23. The molecule has 5 rings (SSSR count). The number of ether oxygens (including phenoxy) is 3. The number of rotatable bonds is 17. The van der Waals surface area contributed by atoms with Gasteiger partial charge in [0, 0.05) is 43.9 Å². The van der Waals surface area contributed by atoms with Gasteiger partial charge in [-0.1, -0.05) is 0 Å². The maximum absolute atomic E-state index is 13.5. The first-order chi connectivity index (χ1) is 26.5. The van der Waals surface area contributed by atoms with Crippen LogP contribution in [0, 0.1) is 17.0 Å². The molecule has 6 N–H and O–H groups in total. The highest BCUT2D eigenvalue weighted by Gasteiger charge is 2.30. The third kappa shape index (κ3) is 9.45. The van der Waals surface area contributed by atoms with Crippen LogP contribution in [0.3, 0.4) is 0 Å². The molecule has 0 aliphatic carbocycles. The smallest absolute Gasteiger partial charge is 0.410 e. The monoisotopic (exact) mass is 776 g/mol. The van der Waals surface area contributed by atoms with Crippen molar-refractivity contribution in [2.45, 2.75) is 78.5 Å². The molecule has 3 heterocycles. The standard InChI is InChI=1S/C37H48N10O9/c1-7-45-27(15-21(2)43-45)34(50)42-35-41-25-16-22(32(38)48)19-29-31(25)46(35)24(20-55-29)11-10-12-40-30-26(47(52)53)17-23(33(39)49)18-28(30)54-14-9-8-13-44(6)36(51)56-37(3,4)5/h15-19,24,40H,7-14,20H2,1-6H3,(H2,38,48)(H2,39,49)(H,41,42,50)/t24-/m0/s1. The number of hydrogen-bond donors (Lipinski definition) is 4. The third-order valence-electron chi connectivity index (χ3n) is 8.92. The summed E-state index contributed by atoms with van der Waals surface area (Å²) in [5, 5.41) is 22.6. The van der Waals surface area contributed by atoms with Crippen molar-refractivity contribution in [1.82, 2.24) is 24.2 Å². The molecule has 4 aromatic rings. The number of benzene rings is 2. The molecule has 0 radical (unpaired) electrons. The Morgan fingerprint density at radius 1 is 1.07 bits per heavy atom. The fourth-order valence-electron chi connectivity index (χ4n) is 6.29. The molecule has 1 aliphatic heterocycles. The normalized spacial score (nSPS) is 13.5. The van der Waals surface area contributed by atoms with E-state index in [9.17, 15) is 29.3 Å². The molecule has 0 bridgehead atoms. The highest BCUT2D eigenvalue weighted by molar-refractivity contribution is 6.04. The lowest BCUT2D eigenvalue weighted by Crippen LogP contribution is -2.34. The van der Waals surface area contributed by atoms with E-state index in [-0.39, 0.29) is 60.0 Å². The van der Waals surface area contributed by atoms with Crippen LogP contribution in [0.15, 0.2) is 30.3 Å². The average molecular weight is 777 g/mol. The lowest BCUT2D eigenvalue weighted by Gasteiger charge is -2.27. The topological polar surface area (TPSA) is 254 Å². The van der Waals surface area contributed by atoms with Crippen molar-refractivity contribution >= 4 is 52.2 Å². The second-order valence-electron chi connectivity index (χ2n) is 14.4. The van der Waals surface area contributed by atoms with Gasteiger partial charge < -0.3 is 40.5 Å². The predicted octanol–water partition coefficient (Wildman–Crippen LogP) is 4.77. The molecule has 4 amide bonds. The van der Waals surface area contributed by atoms with Gasteiger partial charge in [-0.05, 0) is 84.6 Å². The molecule has 300 valence electrons. The van der Waals surface area contributed by atoms with E-state index in [0.717, 1.165) is 6.07 Å². The summed E-state index contributed by atoms with van der Waals surface area (Å²) in [6.45, 7) is 10.4. The Morgan fingerprint density at radius 2 is 1.79 bits per heavy atom. The number of carbonyl (C=O) groups excluding carboxylic acids is 4. The van der Waals surface area contributed by atoms with Crippen LogP contribution in [0.25, 0.3) is 11.0 Å². The van der Waals surface area contributed by atoms with Gasteiger partial charge in [0.25, 0.3) is 11.6 Å². The van der Waals surface area contributed by atoms with Crippen molar-refractivity contribution in [2.24, 2.45) is 11.5 Å². The SMILES string of the molecule is CCn1nc(C)cc1C(=O)Nc1nc2cc(C(N)=O)cc3c2n1[C@@H](CCCNc1c(OCCCCN(C)C(=O)OC(C)(C)C)cc(C(N)=O)cc1[N+](=O)[O-])CO3. The van der Waals surface area contributed by atoms with Gasteiger partial charge in [0.1, 0.15) is 34.9 Å². The number of nitro benzene ring substituents is 1.